The van der Waals surface area contributed by atoms with Gasteiger partial charge in [-0.05, 0) is 32.0 Å². The Labute approximate surface area is 173 Å². The van der Waals surface area contributed by atoms with E-state index in [1.165, 1.54) is 29.0 Å². The van der Waals surface area contributed by atoms with Gasteiger partial charge in [-0.2, -0.15) is 0 Å². The van der Waals surface area contributed by atoms with Gasteiger partial charge in [0.1, 0.15) is 11.9 Å². The number of hydrogen-bond donors (Lipinski definition) is 1. The van der Waals surface area contributed by atoms with Crippen molar-refractivity contribution in [1.82, 2.24) is 25.2 Å². The van der Waals surface area contributed by atoms with Gasteiger partial charge < -0.3 is 15.0 Å². The van der Waals surface area contributed by atoms with Crippen LogP contribution in [-0.2, 0) is 6.54 Å². The lowest BCUT2D eigenvalue weighted by Gasteiger charge is -2.25. The predicted octanol–water partition coefficient (Wildman–Crippen LogP) is 2.33. The van der Waals surface area contributed by atoms with Crippen molar-refractivity contribution in [2.75, 3.05) is 13.7 Å². The Balaban J connectivity index is 1.78. The van der Waals surface area contributed by atoms with Crippen molar-refractivity contribution in [3.8, 4) is 5.75 Å². The third-order valence-corrected chi connectivity index (χ3v) is 4.84. The molecule has 1 aromatic carbocycles. The standard InChI is InChI=1S/C19H23ClFN5O3/c1-11(2)22-18(27)16-10-25(24-23-16)9-14-7-13(21)8-26(14)19(28)15-6-12(20)4-5-17(15)29-3/h4-6,10-11,13-14H,7-9H2,1-3H3,(H,22,27)/t13-,14-/m0/s1. The average Bonchev–Trinajstić information content (AvgIpc) is 3.27. The normalized spacial score (nSPS) is 18.9. The molecular weight excluding hydrogens is 401 g/mol. The van der Waals surface area contributed by atoms with Gasteiger partial charge in [0.15, 0.2) is 5.69 Å². The first kappa shape index (κ1) is 21.0. The van der Waals surface area contributed by atoms with Gasteiger partial charge in [0, 0.05) is 17.5 Å². The Kier molecular flexibility index (Phi) is 6.36. The van der Waals surface area contributed by atoms with E-state index in [1.807, 2.05) is 13.8 Å². The lowest BCUT2D eigenvalue weighted by molar-refractivity contribution is 0.0710. The lowest BCUT2D eigenvalue weighted by atomic mass is 10.1. The Morgan fingerprint density at radius 1 is 1.41 bits per heavy atom. The quantitative estimate of drug-likeness (QED) is 0.770. The fourth-order valence-electron chi connectivity index (χ4n) is 3.33. The monoisotopic (exact) mass is 423 g/mol. The number of nitrogens with one attached hydrogen (secondary N) is 1. The summed E-state index contributed by atoms with van der Waals surface area (Å²) in [6.45, 7) is 3.87. The van der Waals surface area contributed by atoms with Gasteiger partial charge in [0.25, 0.3) is 11.8 Å². The number of carbonyl (C=O) groups is 2. The fourth-order valence-corrected chi connectivity index (χ4v) is 3.50. The molecule has 2 atom stereocenters. The summed E-state index contributed by atoms with van der Waals surface area (Å²) in [5, 5.41) is 10.9. The Bertz CT molecular complexity index is 904. The van der Waals surface area contributed by atoms with E-state index in [0.29, 0.717) is 10.8 Å². The minimum atomic E-state index is -1.15. The van der Waals surface area contributed by atoms with Crippen LogP contribution in [0.2, 0.25) is 5.02 Å². The first-order valence-electron chi connectivity index (χ1n) is 9.28. The van der Waals surface area contributed by atoms with Crippen LogP contribution in [0.15, 0.2) is 24.4 Å². The van der Waals surface area contributed by atoms with E-state index in [4.69, 9.17) is 16.3 Å². The third kappa shape index (κ3) is 4.84. The number of ether oxygens (including phenoxy) is 1. The van der Waals surface area contributed by atoms with Crippen molar-refractivity contribution in [2.45, 2.75) is 45.1 Å². The second-order valence-electron chi connectivity index (χ2n) is 7.24. The van der Waals surface area contributed by atoms with Gasteiger partial charge in [0.05, 0.1) is 38.0 Å². The maximum Gasteiger partial charge on any atom is 0.273 e. The Morgan fingerprint density at radius 2 is 2.17 bits per heavy atom. The molecule has 3 rings (SSSR count). The zero-order valence-corrected chi connectivity index (χ0v) is 17.2. The van der Waals surface area contributed by atoms with E-state index in [2.05, 4.69) is 15.6 Å². The molecule has 1 aliphatic heterocycles. The Hall–Kier alpha value is -2.68. The predicted molar refractivity (Wildman–Crippen MR) is 105 cm³/mol. The van der Waals surface area contributed by atoms with Crippen LogP contribution in [0.1, 0.15) is 41.1 Å². The topological polar surface area (TPSA) is 89.4 Å². The lowest BCUT2D eigenvalue weighted by Crippen LogP contribution is -2.38. The van der Waals surface area contributed by atoms with Crippen LogP contribution in [0.25, 0.3) is 0 Å². The largest absolute Gasteiger partial charge is 0.496 e. The molecule has 2 amide bonds. The maximum absolute atomic E-state index is 14.2. The van der Waals surface area contributed by atoms with Gasteiger partial charge >= 0.3 is 0 Å². The van der Waals surface area contributed by atoms with Gasteiger partial charge in [-0.15, -0.1) is 5.10 Å². The zero-order valence-electron chi connectivity index (χ0n) is 16.4. The number of aromatic nitrogens is 3. The molecule has 2 aromatic rings. The number of carbonyl (C=O) groups excluding carboxylic acids is 2. The SMILES string of the molecule is COc1ccc(Cl)cc1C(=O)N1C[C@@H](F)C[C@H]1Cn1cc(C(=O)NC(C)C)nn1. The number of halogens is 2. The second kappa shape index (κ2) is 8.77. The minimum Gasteiger partial charge on any atom is -0.496 e. The molecule has 1 fully saturated rings. The summed E-state index contributed by atoms with van der Waals surface area (Å²) >= 11 is 6.03. The van der Waals surface area contributed by atoms with Crippen LogP contribution >= 0.6 is 11.6 Å². The summed E-state index contributed by atoms with van der Waals surface area (Å²) in [6.07, 6.45) is 0.509. The number of amides is 2. The van der Waals surface area contributed by atoms with Crippen LogP contribution in [0.4, 0.5) is 4.39 Å². The van der Waals surface area contributed by atoms with E-state index in [-0.39, 0.29) is 48.6 Å². The number of nitrogens with zero attached hydrogens (tertiary/aromatic N) is 4. The Morgan fingerprint density at radius 3 is 2.86 bits per heavy atom. The molecule has 10 heteroatoms. The summed E-state index contributed by atoms with van der Waals surface area (Å²) < 4.78 is 20.9. The van der Waals surface area contributed by atoms with E-state index >= 15 is 0 Å². The highest BCUT2D eigenvalue weighted by Crippen LogP contribution is 2.29. The molecule has 0 spiro atoms. The van der Waals surface area contributed by atoms with Crippen molar-refractivity contribution in [2.24, 2.45) is 0 Å². The number of hydrogen-bond acceptors (Lipinski definition) is 5. The number of benzene rings is 1. The summed E-state index contributed by atoms with van der Waals surface area (Å²) in [6, 6.07) is 4.26. The smallest absolute Gasteiger partial charge is 0.273 e. The van der Waals surface area contributed by atoms with Crippen molar-refractivity contribution in [3.63, 3.8) is 0 Å². The molecular formula is C19H23ClFN5O3. The molecule has 1 aliphatic rings. The van der Waals surface area contributed by atoms with Crippen LogP contribution in [0.5, 0.6) is 5.75 Å². The molecule has 0 radical (unpaired) electrons. The van der Waals surface area contributed by atoms with Crippen LogP contribution in [0.3, 0.4) is 0 Å². The molecule has 1 aromatic heterocycles. The van der Waals surface area contributed by atoms with E-state index in [9.17, 15) is 14.0 Å². The highest BCUT2D eigenvalue weighted by molar-refractivity contribution is 6.31. The van der Waals surface area contributed by atoms with E-state index < -0.39 is 12.2 Å². The maximum atomic E-state index is 14.2. The first-order valence-corrected chi connectivity index (χ1v) is 9.65. The number of methoxy groups -OCH3 is 1. The molecule has 1 saturated heterocycles. The molecule has 1 N–H and O–H groups in total. The molecule has 8 nitrogen and oxygen atoms in total. The van der Waals surface area contributed by atoms with Crippen molar-refractivity contribution in [1.29, 1.82) is 0 Å². The summed E-state index contributed by atoms with van der Waals surface area (Å²) in [5.74, 6) is -0.334. The van der Waals surface area contributed by atoms with E-state index in [1.54, 1.807) is 12.1 Å². The summed E-state index contributed by atoms with van der Waals surface area (Å²) in [5.41, 5.74) is 0.442. The summed E-state index contributed by atoms with van der Waals surface area (Å²) in [7, 11) is 1.46. The third-order valence-electron chi connectivity index (χ3n) is 4.61. The molecule has 2 heterocycles. The number of likely N-dealkylation sites (tertiary alicyclic amines) is 1. The van der Waals surface area contributed by atoms with Crippen molar-refractivity contribution < 1.29 is 18.7 Å². The first-order chi connectivity index (χ1) is 13.8. The molecule has 29 heavy (non-hydrogen) atoms. The van der Waals surface area contributed by atoms with Crippen LogP contribution < -0.4 is 10.1 Å². The molecule has 0 bridgehead atoms. The van der Waals surface area contributed by atoms with Crippen LogP contribution in [0, 0.1) is 0 Å². The average molecular weight is 424 g/mol. The van der Waals surface area contributed by atoms with Gasteiger partial charge in [-0.1, -0.05) is 16.8 Å². The summed E-state index contributed by atoms with van der Waals surface area (Å²) in [4.78, 5) is 26.6. The van der Waals surface area contributed by atoms with Crippen molar-refractivity contribution in [3.05, 3.63) is 40.7 Å². The minimum absolute atomic E-state index is 0.0319. The van der Waals surface area contributed by atoms with Crippen LogP contribution in [-0.4, -0.2) is 63.6 Å². The van der Waals surface area contributed by atoms with Gasteiger partial charge in [-0.25, -0.2) is 9.07 Å². The second-order valence-corrected chi connectivity index (χ2v) is 7.68. The van der Waals surface area contributed by atoms with Gasteiger partial charge in [0.2, 0.25) is 0 Å². The number of rotatable bonds is 6. The molecule has 0 saturated carbocycles. The molecule has 0 unspecified atom stereocenters. The highest BCUT2D eigenvalue weighted by Gasteiger charge is 2.37. The fraction of sp³-hybridized carbons (Fsp3) is 0.474. The molecule has 156 valence electrons. The molecule has 0 aliphatic carbocycles. The highest BCUT2D eigenvalue weighted by atomic mass is 35.5. The van der Waals surface area contributed by atoms with E-state index in [0.717, 1.165) is 0 Å². The van der Waals surface area contributed by atoms with Gasteiger partial charge in [-0.3, -0.25) is 9.59 Å². The van der Waals surface area contributed by atoms with Crippen molar-refractivity contribution >= 4 is 23.4 Å². The zero-order chi connectivity index (χ0) is 21.1. The number of alkyl halides is 1.